The van der Waals surface area contributed by atoms with Gasteiger partial charge in [0.2, 0.25) is 0 Å². The van der Waals surface area contributed by atoms with Crippen LogP contribution in [0.15, 0.2) is 12.1 Å². The molecule has 0 unspecified atom stereocenters. The van der Waals surface area contributed by atoms with Crippen molar-refractivity contribution in [3.05, 3.63) is 29.1 Å². The van der Waals surface area contributed by atoms with Gasteiger partial charge in [0.15, 0.2) is 0 Å². The molecule has 106 valence electrons. The van der Waals surface area contributed by atoms with Crippen molar-refractivity contribution in [3.8, 4) is 0 Å². The number of benzene rings is 1. The van der Waals surface area contributed by atoms with E-state index in [1.54, 1.807) is 20.8 Å². The number of carbonyl (C=O) groups is 3. The van der Waals surface area contributed by atoms with Crippen LogP contribution < -0.4 is 4.90 Å². The number of carbonyl (C=O) groups excluding carboxylic acids is 3. The van der Waals surface area contributed by atoms with Gasteiger partial charge in [-0.25, -0.2) is 4.39 Å². The molecule has 20 heavy (non-hydrogen) atoms. The first-order chi connectivity index (χ1) is 9.31. The lowest BCUT2D eigenvalue weighted by molar-refractivity contribution is -0.146. The first kappa shape index (κ1) is 14.2. The highest BCUT2D eigenvalue weighted by atomic mass is 19.1. The molecule has 0 bridgehead atoms. The van der Waals surface area contributed by atoms with Gasteiger partial charge in [0.1, 0.15) is 12.4 Å². The summed E-state index contributed by atoms with van der Waals surface area (Å²) < 4.78 is 18.3. The van der Waals surface area contributed by atoms with Crippen molar-refractivity contribution >= 4 is 23.3 Å². The predicted octanol–water partition coefficient (Wildman–Crippen LogP) is 1.62. The van der Waals surface area contributed by atoms with Gasteiger partial charge in [-0.15, -0.1) is 0 Å². The predicted molar refractivity (Wildman–Crippen MR) is 69.0 cm³/mol. The molecule has 1 aromatic carbocycles. The van der Waals surface area contributed by atoms with Crippen molar-refractivity contribution in [1.82, 2.24) is 0 Å². The molecule has 1 aromatic rings. The first-order valence-electron chi connectivity index (χ1n) is 6.17. The number of hydrogen-bond acceptors (Lipinski definition) is 4. The third-order valence-corrected chi connectivity index (χ3v) is 2.87. The Hall–Kier alpha value is -2.24. The maximum absolute atomic E-state index is 13.3. The molecule has 1 heterocycles. The number of hydrogen-bond donors (Lipinski definition) is 0. The molecule has 6 heteroatoms. The number of fused-ring (bicyclic) bond motifs is 1. The number of ether oxygens (including phenoxy) is 1. The molecule has 0 aromatic heterocycles. The molecule has 0 saturated carbocycles. The van der Waals surface area contributed by atoms with Crippen LogP contribution in [0.1, 0.15) is 29.8 Å². The van der Waals surface area contributed by atoms with Gasteiger partial charge in [0.25, 0.3) is 11.7 Å². The number of halogens is 1. The maximum Gasteiger partial charge on any atom is 0.326 e. The highest BCUT2D eigenvalue weighted by molar-refractivity contribution is 6.52. The van der Waals surface area contributed by atoms with E-state index in [4.69, 9.17) is 4.74 Å². The molecular weight excluding hydrogens is 265 g/mol. The molecule has 5 nitrogen and oxygen atoms in total. The molecule has 1 amide bonds. The molecule has 0 saturated heterocycles. The topological polar surface area (TPSA) is 63.7 Å². The number of rotatable bonds is 3. The van der Waals surface area contributed by atoms with Crippen LogP contribution in [0, 0.1) is 12.7 Å². The Morgan fingerprint density at radius 3 is 2.60 bits per heavy atom. The summed E-state index contributed by atoms with van der Waals surface area (Å²) in [4.78, 5) is 36.4. The summed E-state index contributed by atoms with van der Waals surface area (Å²) in [6.45, 7) is 4.59. The second-order valence-electron chi connectivity index (χ2n) is 4.88. The molecule has 0 radical (unpaired) electrons. The molecule has 1 aliphatic heterocycles. The van der Waals surface area contributed by atoms with Gasteiger partial charge in [-0.1, -0.05) is 0 Å². The van der Waals surface area contributed by atoms with Crippen molar-refractivity contribution < 1.29 is 23.5 Å². The zero-order valence-electron chi connectivity index (χ0n) is 11.4. The molecule has 0 aliphatic carbocycles. The van der Waals surface area contributed by atoms with Crippen LogP contribution in [-0.2, 0) is 14.3 Å². The zero-order valence-corrected chi connectivity index (χ0v) is 11.4. The summed E-state index contributed by atoms with van der Waals surface area (Å²) >= 11 is 0. The van der Waals surface area contributed by atoms with E-state index < -0.39 is 23.5 Å². The van der Waals surface area contributed by atoms with E-state index in [0.717, 1.165) is 11.0 Å². The van der Waals surface area contributed by atoms with Crippen LogP contribution in [0.3, 0.4) is 0 Å². The van der Waals surface area contributed by atoms with Crippen LogP contribution in [0.25, 0.3) is 0 Å². The van der Waals surface area contributed by atoms with Gasteiger partial charge in [-0.05, 0) is 38.5 Å². The largest absolute Gasteiger partial charge is 0.462 e. The highest BCUT2D eigenvalue weighted by Crippen LogP contribution is 2.33. The van der Waals surface area contributed by atoms with Crippen LogP contribution in [0.4, 0.5) is 10.1 Å². The van der Waals surface area contributed by atoms with E-state index in [2.05, 4.69) is 0 Å². The van der Waals surface area contributed by atoms with Crippen LogP contribution in [-0.4, -0.2) is 30.3 Å². The first-order valence-corrected chi connectivity index (χ1v) is 6.17. The van der Waals surface area contributed by atoms with E-state index in [0.29, 0.717) is 5.56 Å². The lowest BCUT2D eigenvalue weighted by Gasteiger charge is -2.18. The fourth-order valence-electron chi connectivity index (χ4n) is 2.19. The molecule has 0 spiro atoms. The molecule has 1 aliphatic rings. The van der Waals surface area contributed by atoms with Crippen molar-refractivity contribution in [3.63, 3.8) is 0 Å². The Labute approximate surface area is 115 Å². The maximum atomic E-state index is 13.3. The molecule has 0 atom stereocenters. The number of ketones is 1. The molecule has 0 N–H and O–H groups in total. The van der Waals surface area contributed by atoms with Gasteiger partial charge in [0, 0.05) is 0 Å². The second-order valence-corrected chi connectivity index (χ2v) is 4.88. The monoisotopic (exact) mass is 279 g/mol. The standard InChI is InChI=1S/C14H14FNO4/c1-7(2)20-11(17)6-16-12-8(3)4-9(15)5-10(12)13(18)14(16)19/h4-5,7H,6H2,1-3H3. The highest BCUT2D eigenvalue weighted by Gasteiger charge is 2.38. The van der Waals surface area contributed by atoms with Crippen molar-refractivity contribution in [2.45, 2.75) is 26.9 Å². The minimum absolute atomic E-state index is 0.00940. The van der Waals surface area contributed by atoms with Crippen LogP contribution in [0.5, 0.6) is 0 Å². The Morgan fingerprint density at radius 2 is 2.00 bits per heavy atom. The minimum Gasteiger partial charge on any atom is -0.462 e. The van der Waals surface area contributed by atoms with Crippen LogP contribution in [0.2, 0.25) is 0 Å². The van der Waals surface area contributed by atoms with Gasteiger partial charge in [-0.3, -0.25) is 19.3 Å². The van der Waals surface area contributed by atoms with Gasteiger partial charge < -0.3 is 4.74 Å². The SMILES string of the molecule is Cc1cc(F)cc2c1N(CC(=O)OC(C)C)C(=O)C2=O. The third-order valence-electron chi connectivity index (χ3n) is 2.87. The Kier molecular flexibility index (Phi) is 3.57. The zero-order chi connectivity index (χ0) is 15.0. The van der Waals surface area contributed by atoms with Crippen molar-refractivity contribution in [2.75, 3.05) is 11.4 Å². The van der Waals surface area contributed by atoms with Gasteiger partial charge in [0.05, 0.1) is 17.4 Å². The average Bonchev–Trinajstić information content (AvgIpc) is 2.53. The lowest BCUT2D eigenvalue weighted by atomic mass is 10.1. The molecular formula is C14H14FNO4. The fraction of sp³-hybridized carbons (Fsp3) is 0.357. The van der Waals surface area contributed by atoms with E-state index >= 15 is 0 Å². The average molecular weight is 279 g/mol. The van der Waals surface area contributed by atoms with Gasteiger partial charge >= 0.3 is 5.97 Å². The summed E-state index contributed by atoms with van der Waals surface area (Å²) in [5.41, 5.74) is 0.698. The Balaban J connectivity index is 2.36. The van der Waals surface area contributed by atoms with E-state index in [-0.39, 0.29) is 23.9 Å². The Morgan fingerprint density at radius 1 is 1.35 bits per heavy atom. The van der Waals surface area contributed by atoms with Crippen LogP contribution >= 0.6 is 0 Å². The number of esters is 1. The fourth-order valence-corrected chi connectivity index (χ4v) is 2.19. The normalized spacial score (nSPS) is 13.9. The van der Waals surface area contributed by atoms with Crippen molar-refractivity contribution in [1.29, 1.82) is 0 Å². The third kappa shape index (κ3) is 2.41. The van der Waals surface area contributed by atoms with E-state index in [9.17, 15) is 18.8 Å². The lowest BCUT2D eigenvalue weighted by Crippen LogP contribution is -2.36. The number of anilines is 1. The second kappa shape index (κ2) is 5.03. The number of amides is 1. The number of aryl methyl sites for hydroxylation is 1. The van der Waals surface area contributed by atoms with Crippen molar-refractivity contribution in [2.24, 2.45) is 0 Å². The molecule has 2 rings (SSSR count). The summed E-state index contributed by atoms with van der Waals surface area (Å²) in [5.74, 6) is -2.85. The van der Waals surface area contributed by atoms with Gasteiger partial charge in [-0.2, -0.15) is 0 Å². The van der Waals surface area contributed by atoms with E-state index in [1.165, 1.54) is 6.07 Å². The summed E-state index contributed by atoms with van der Waals surface area (Å²) in [6, 6.07) is 2.22. The Bertz CT molecular complexity index is 609. The summed E-state index contributed by atoms with van der Waals surface area (Å²) in [5, 5.41) is 0. The summed E-state index contributed by atoms with van der Waals surface area (Å²) in [6.07, 6.45) is -0.315. The summed E-state index contributed by atoms with van der Waals surface area (Å²) in [7, 11) is 0. The van der Waals surface area contributed by atoms with E-state index in [1.807, 2.05) is 0 Å². The number of nitrogens with zero attached hydrogens (tertiary/aromatic N) is 1. The molecule has 0 fully saturated rings. The minimum atomic E-state index is -0.839. The number of Topliss-reactive ketones (excluding diaryl/α,β-unsaturated/α-hetero) is 1. The quantitative estimate of drug-likeness (QED) is 0.623. The smallest absolute Gasteiger partial charge is 0.326 e.